The van der Waals surface area contributed by atoms with Crippen molar-refractivity contribution in [1.82, 2.24) is 9.97 Å². The second-order valence-electron chi connectivity index (χ2n) is 6.96. The van der Waals surface area contributed by atoms with E-state index in [0.717, 1.165) is 51.9 Å². The van der Waals surface area contributed by atoms with Crippen LogP contribution in [0.4, 0.5) is 13.2 Å². The summed E-state index contributed by atoms with van der Waals surface area (Å²) in [6.45, 7) is 2.05. The highest BCUT2D eigenvalue weighted by atomic mass is 32.2. The number of aromatic amines is 1. The first-order valence-electron chi connectivity index (χ1n) is 9.20. The quantitative estimate of drug-likeness (QED) is 0.458. The molecule has 6 heteroatoms. The van der Waals surface area contributed by atoms with Crippen LogP contribution in [0.5, 0.6) is 0 Å². The monoisotopic (exact) mass is 412 g/mol. The Morgan fingerprint density at radius 2 is 1.72 bits per heavy atom. The number of nitrogens with one attached hydrogen (secondary N) is 1. The third kappa shape index (κ3) is 4.48. The number of allylic oxidation sites excluding steroid dienone is 3. The number of nitrogens with zero attached hydrogens (tertiary/aromatic N) is 1. The zero-order valence-corrected chi connectivity index (χ0v) is 16.6. The molecule has 0 spiro atoms. The topological polar surface area (TPSA) is 28.7 Å². The average Bonchev–Trinajstić information content (AvgIpc) is 3.33. The maximum Gasteiger partial charge on any atom is 0.416 e. The molecule has 2 aromatic carbocycles. The molecule has 1 aliphatic carbocycles. The van der Waals surface area contributed by atoms with Crippen LogP contribution in [0.25, 0.3) is 16.8 Å². The summed E-state index contributed by atoms with van der Waals surface area (Å²) >= 11 is 1.63. The molecule has 0 atom stereocenters. The van der Waals surface area contributed by atoms with E-state index in [4.69, 9.17) is 0 Å². The molecule has 0 saturated heterocycles. The number of rotatable bonds is 5. The number of thioether (sulfide) groups is 1. The second-order valence-corrected chi connectivity index (χ2v) is 7.93. The molecule has 1 aromatic heterocycles. The Bertz CT molecular complexity index is 1060. The number of hydrogen-bond donors (Lipinski definition) is 1. The molecule has 3 aromatic rings. The maximum atomic E-state index is 12.8. The summed E-state index contributed by atoms with van der Waals surface area (Å²) in [5.41, 5.74) is 5.78. The zero-order chi connectivity index (χ0) is 20.4. The van der Waals surface area contributed by atoms with E-state index in [2.05, 4.69) is 16.0 Å². The summed E-state index contributed by atoms with van der Waals surface area (Å²) in [4.78, 5) is 7.79. The molecule has 148 valence electrons. The van der Waals surface area contributed by atoms with Gasteiger partial charge in [0.1, 0.15) is 0 Å². The predicted octanol–water partition coefficient (Wildman–Crippen LogP) is 6.99. The number of hydrogen-bond acceptors (Lipinski definition) is 2. The van der Waals surface area contributed by atoms with Gasteiger partial charge in [0, 0.05) is 5.75 Å². The predicted molar refractivity (Wildman–Crippen MR) is 111 cm³/mol. The fraction of sp³-hybridized carbons (Fsp3) is 0.174. The van der Waals surface area contributed by atoms with Crippen molar-refractivity contribution < 1.29 is 13.2 Å². The first kappa shape index (κ1) is 19.6. The van der Waals surface area contributed by atoms with Gasteiger partial charge in [0.05, 0.1) is 17.5 Å². The lowest BCUT2D eigenvalue weighted by Gasteiger charge is -2.09. The average molecular weight is 412 g/mol. The maximum absolute atomic E-state index is 12.8. The number of aromatic nitrogens is 2. The van der Waals surface area contributed by atoms with Crippen molar-refractivity contribution in [3.63, 3.8) is 0 Å². The second kappa shape index (κ2) is 7.95. The van der Waals surface area contributed by atoms with Crippen LogP contribution in [0, 0.1) is 0 Å². The molecule has 0 saturated carbocycles. The molecule has 1 N–H and O–H groups in total. The van der Waals surface area contributed by atoms with Crippen LogP contribution < -0.4 is 0 Å². The lowest BCUT2D eigenvalue weighted by molar-refractivity contribution is -0.137. The largest absolute Gasteiger partial charge is 0.416 e. The SMILES string of the molecule is CC1=C(CSc2ncc(-c3ccccc3)[nH]2)CC(c2ccc(C(F)(F)F)cc2)=C1. The van der Waals surface area contributed by atoms with Crippen LogP contribution >= 0.6 is 11.8 Å². The van der Waals surface area contributed by atoms with Crippen LogP contribution in [-0.4, -0.2) is 15.7 Å². The highest BCUT2D eigenvalue weighted by molar-refractivity contribution is 7.99. The summed E-state index contributed by atoms with van der Waals surface area (Å²) in [6.07, 6.45) is 0.339. The van der Waals surface area contributed by atoms with Gasteiger partial charge in [-0.05, 0) is 42.2 Å². The van der Waals surface area contributed by atoms with Crippen molar-refractivity contribution >= 4 is 17.3 Å². The van der Waals surface area contributed by atoms with Crippen molar-refractivity contribution in [2.45, 2.75) is 24.7 Å². The fourth-order valence-electron chi connectivity index (χ4n) is 3.30. The van der Waals surface area contributed by atoms with Crippen molar-refractivity contribution in [1.29, 1.82) is 0 Å². The Balaban J connectivity index is 1.38. The Labute approximate surface area is 171 Å². The van der Waals surface area contributed by atoms with Gasteiger partial charge in [-0.1, -0.05) is 71.4 Å². The molecule has 0 amide bonds. The standard InChI is InChI=1S/C23H19F3N2S/c1-15-11-18(16-7-9-20(10-8-16)23(24,25)26)12-19(15)14-29-22-27-13-21(28-22)17-5-3-2-4-6-17/h2-11,13H,12,14H2,1H3,(H,27,28). The molecule has 1 heterocycles. The summed E-state index contributed by atoms with van der Waals surface area (Å²) in [7, 11) is 0. The van der Waals surface area contributed by atoms with Gasteiger partial charge in [0.15, 0.2) is 5.16 Å². The molecule has 0 aliphatic heterocycles. The molecular weight excluding hydrogens is 393 g/mol. The number of halogens is 3. The van der Waals surface area contributed by atoms with E-state index in [0.29, 0.717) is 0 Å². The van der Waals surface area contributed by atoms with E-state index < -0.39 is 11.7 Å². The lowest BCUT2D eigenvalue weighted by Crippen LogP contribution is -2.04. The number of imidazole rings is 1. The van der Waals surface area contributed by atoms with Crippen molar-refractivity contribution in [2.75, 3.05) is 5.75 Å². The van der Waals surface area contributed by atoms with E-state index in [1.165, 1.54) is 11.1 Å². The molecule has 0 bridgehead atoms. The first-order chi connectivity index (χ1) is 13.9. The normalized spacial score (nSPS) is 14.4. The minimum atomic E-state index is -4.31. The molecule has 2 nitrogen and oxygen atoms in total. The van der Waals surface area contributed by atoms with E-state index >= 15 is 0 Å². The van der Waals surface area contributed by atoms with Crippen LogP contribution in [0.1, 0.15) is 24.5 Å². The van der Waals surface area contributed by atoms with Gasteiger partial charge in [-0.3, -0.25) is 0 Å². The van der Waals surface area contributed by atoms with Crippen LogP contribution in [0.3, 0.4) is 0 Å². The van der Waals surface area contributed by atoms with E-state index in [1.54, 1.807) is 23.9 Å². The molecule has 29 heavy (non-hydrogen) atoms. The highest BCUT2D eigenvalue weighted by Gasteiger charge is 2.30. The van der Waals surface area contributed by atoms with Crippen molar-refractivity contribution in [2.24, 2.45) is 0 Å². The number of benzene rings is 2. The molecule has 0 fully saturated rings. The Hall–Kier alpha value is -2.73. The van der Waals surface area contributed by atoms with Crippen LogP contribution in [0.2, 0.25) is 0 Å². The molecule has 4 rings (SSSR count). The fourth-order valence-corrected chi connectivity index (χ4v) is 4.25. The van der Waals surface area contributed by atoms with Gasteiger partial charge in [0.25, 0.3) is 0 Å². The highest BCUT2D eigenvalue weighted by Crippen LogP contribution is 2.36. The first-order valence-corrected chi connectivity index (χ1v) is 10.2. The van der Waals surface area contributed by atoms with E-state index in [9.17, 15) is 13.2 Å². The Morgan fingerprint density at radius 1 is 1.00 bits per heavy atom. The zero-order valence-electron chi connectivity index (χ0n) is 15.8. The van der Waals surface area contributed by atoms with Gasteiger partial charge < -0.3 is 4.98 Å². The van der Waals surface area contributed by atoms with Gasteiger partial charge in [-0.2, -0.15) is 13.2 Å². The summed E-state index contributed by atoms with van der Waals surface area (Å²) < 4.78 is 38.3. The summed E-state index contributed by atoms with van der Waals surface area (Å²) in [5, 5.41) is 0.854. The molecule has 0 unspecified atom stereocenters. The minimum absolute atomic E-state index is 0.618. The Morgan fingerprint density at radius 3 is 2.41 bits per heavy atom. The summed E-state index contributed by atoms with van der Waals surface area (Å²) in [5.74, 6) is 0.786. The number of H-pyrrole nitrogens is 1. The van der Waals surface area contributed by atoms with Crippen LogP contribution in [-0.2, 0) is 6.18 Å². The third-order valence-electron chi connectivity index (χ3n) is 4.96. The molecular formula is C23H19F3N2S. The number of alkyl halides is 3. The van der Waals surface area contributed by atoms with Gasteiger partial charge >= 0.3 is 6.18 Å². The van der Waals surface area contributed by atoms with E-state index in [1.807, 2.05) is 43.5 Å². The smallest absolute Gasteiger partial charge is 0.333 e. The Kier molecular flexibility index (Phi) is 5.37. The van der Waals surface area contributed by atoms with Gasteiger partial charge in [-0.15, -0.1) is 0 Å². The third-order valence-corrected chi connectivity index (χ3v) is 5.93. The van der Waals surface area contributed by atoms with Gasteiger partial charge in [-0.25, -0.2) is 4.98 Å². The summed E-state index contributed by atoms with van der Waals surface area (Å²) in [6, 6.07) is 15.4. The van der Waals surface area contributed by atoms with Crippen molar-refractivity contribution in [3.05, 3.63) is 89.1 Å². The van der Waals surface area contributed by atoms with Crippen molar-refractivity contribution in [3.8, 4) is 11.3 Å². The molecule has 1 aliphatic rings. The van der Waals surface area contributed by atoms with E-state index in [-0.39, 0.29) is 0 Å². The molecule has 0 radical (unpaired) electrons. The van der Waals surface area contributed by atoms with Crippen LogP contribution in [0.15, 0.2) is 83.2 Å². The minimum Gasteiger partial charge on any atom is -0.333 e. The van der Waals surface area contributed by atoms with Gasteiger partial charge in [0.2, 0.25) is 0 Å². The lowest BCUT2D eigenvalue weighted by atomic mass is 10.0.